The summed E-state index contributed by atoms with van der Waals surface area (Å²) in [5.41, 5.74) is 6.98. The average molecular weight is 326 g/mol. The molecule has 0 aromatic heterocycles. The van der Waals surface area contributed by atoms with Gasteiger partial charge in [-0.25, -0.2) is 4.39 Å². The van der Waals surface area contributed by atoms with E-state index in [4.69, 9.17) is 22.1 Å². The van der Waals surface area contributed by atoms with Crippen LogP contribution in [0.5, 0.6) is 5.75 Å². The van der Waals surface area contributed by atoms with Gasteiger partial charge in [0.25, 0.3) is 0 Å². The lowest BCUT2D eigenvalue weighted by Gasteiger charge is -2.12. The molecule has 21 heavy (non-hydrogen) atoms. The number of hydrogen-bond donors (Lipinski definition) is 1. The van der Waals surface area contributed by atoms with E-state index in [2.05, 4.69) is 0 Å². The van der Waals surface area contributed by atoms with Gasteiger partial charge < -0.3 is 10.5 Å². The fourth-order valence-corrected chi connectivity index (χ4v) is 2.91. The van der Waals surface area contributed by atoms with E-state index in [1.54, 1.807) is 17.8 Å². The monoisotopic (exact) mass is 325 g/mol. The van der Waals surface area contributed by atoms with Crippen molar-refractivity contribution in [3.05, 3.63) is 58.9 Å². The maximum absolute atomic E-state index is 13.6. The van der Waals surface area contributed by atoms with E-state index in [1.165, 1.54) is 13.2 Å². The quantitative estimate of drug-likeness (QED) is 0.810. The van der Waals surface area contributed by atoms with Crippen LogP contribution in [0.3, 0.4) is 0 Å². The molecule has 1 unspecified atom stereocenters. The van der Waals surface area contributed by atoms with Crippen LogP contribution in [0, 0.1) is 5.82 Å². The Morgan fingerprint density at radius 1 is 1.24 bits per heavy atom. The summed E-state index contributed by atoms with van der Waals surface area (Å²) in [7, 11) is 1.45. The lowest BCUT2D eigenvalue weighted by Crippen LogP contribution is -2.25. The summed E-state index contributed by atoms with van der Waals surface area (Å²) in [6, 6.07) is 12.5. The van der Waals surface area contributed by atoms with Crippen molar-refractivity contribution in [2.45, 2.75) is 17.4 Å². The van der Waals surface area contributed by atoms with Crippen LogP contribution in [-0.4, -0.2) is 18.9 Å². The van der Waals surface area contributed by atoms with Crippen molar-refractivity contribution in [1.29, 1.82) is 0 Å². The van der Waals surface area contributed by atoms with Crippen molar-refractivity contribution in [2.24, 2.45) is 5.73 Å². The topological polar surface area (TPSA) is 35.2 Å². The predicted octanol–water partition coefficient (Wildman–Crippen LogP) is 4.15. The second kappa shape index (κ2) is 7.69. The van der Waals surface area contributed by atoms with E-state index in [-0.39, 0.29) is 17.6 Å². The second-order valence-corrected chi connectivity index (χ2v) is 6.23. The van der Waals surface area contributed by atoms with E-state index in [1.807, 2.05) is 30.3 Å². The van der Waals surface area contributed by atoms with Crippen molar-refractivity contribution >= 4 is 23.4 Å². The van der Waals surface area contributed by atoms with Crippen molar-refractivity contribution < 1.29 is 9.13 Å². The molecule has 1 atom stereocenters. The summed E-state index contributed by atoms with van der Waals surface area (Å²) >= 11 is 7.51. The van der Waals surface area contributed by atoms with Crippen molar-refractivity contribution in [3.63, 3.8) is 0 Å². The number of ether oxygens (including phenoxy) is 1. The molecule has 0 aliphatic heterocycles. The highest BCUT2D eigenvalue weighted by atomic mass is 35.5. The maximum Gasteiger partial charge on any atom is 0.165 e. The largest absolute Gasteiger partial charge is 0.494 e. The molecule has 0 amide bonds. The Balaban J connectivity index is 1.88. The highest BCUT2D eigenvalue weighted by molar-refractivity contribution is 7.99. The Labute approximate surface area is 133 Å². The van der Waals surface area contributed by atoms with E-state index in [0.717, 1.165) is 21.2 Å². The van der Waals surface area contributed by atoms with Gasteiger partial charge in [0.05, 0.1) is 7.11 Å². The van der Waals surface area contributed by atoms with Crippen LogP contribution in [0.25, 0.3) is 0 Å². The van der Waals surface area contributed by atoms with Crippen molar-refractivity contribution in [3.8, 4) is 5.75 Å². The molecule has 112 valence electrons. The third-order valence-corrected chi connectivity index (χ3v) is 4.44. The highest BCUT2D eigenvalue weighted by Gasteiger charge is 2.08. The number of hydrogen-bond acceptors (Lipinski definition) is 3. The third-order valence-electron chi connectivity index (χ3n) is 2.99. The van der Waals surface area contributed by atoms with Crippen LogP contribution in [0.4, 0.5) is 4.39 Å². The molecule has 0 heterocycles. The summed E-state index contributed by atoms with van der Waals surface area (Å²) in [5.74, 6) is 0.658. The molecule has 2 nitrogen and oxygen atoms in total. The van der Waals surface area contributed by atoms with Gasteiger partial charge in [0.2, 0.25) is 0 Å². The van der Waals surface area contributed by atoms with Crippen molar-refractivity contribution in [2.75, 3.05) is 12.9 Å². The van der Waals surface area contributed by atoms with Crippen LogP contribution in [0.2, 0.25) is 5.02 Å². The Bertz CT molecular complexity index is 591. The fourth-order valence-electron chi connectivity index (χ4n) is 1.93. The molecule has 0 aliphatic rings. The fraction of sp³-hybridized carbons (Fsp3) is 0.250. The Hall–Kier alpha value is -1.23. The Morgan fingerprint density at radius 3 is 2.57 bits per heavy atom. The summed E-state index contributed by atoms with van der Waals surface area (Å²) < 4.78 is 18.5. The van der Waals surface area contributed by atoms with E-state index in [9.17, 15) is 4.39 Å². The summed E-state index contributed by atoms with van der Waals surface area (Å²) in [4.78, 5) is 1.12. The van der Waals surface area contributed by atoms with E-state index < -0.39 is 0 Å². The molecule has 2 aromatic rings. The smallest absolute Gasteiger partial charge is 0.165 e. The van der Waals surface area contributed by atoms with Gasteiger partial charge in [-0.05, 0) is 48.4 Å². The molecule has 0 saturated carbocycles. The first-order valence-electron chi connectivity index (χ1n) is 6.55. The van der Waals surface area contributed by atoms with Crippen LogP contribution in [0.15, 0.2) is 47.4 Å². The molecular formula is C16H17ClFNOS. The minimum Gasteiger partial charge on any atom is -0.494 e. The number of nitrogens with two attached hydrogens (primary N) is 1. The predicted molar refractivity (Wildman–Crippen MR) is 86.8 cm³/mol. The van der Waals surface area contributed by atoms with Gasteiger partial charge in [-0.2, -0.15) is 0 Å². The molecule has 0 fully saturated rings. The van der Waals surface area contributed by atoms with Gasteiger partial charge in [0.1, 0.15) is 0 Å². The first-order valence-corrected chi connectivity index (χ1v) is 7.91. The SMILES string of the molecule is COc1ccc(CC(N)CSc2ccc(Cl)cc2)cc1F. The van der Waals surface area contributed by atoms with E-state index >= 15 is 0 Å². The molecule has 0 radical (unpaired) electrons. The number of halogens is 2. The number of benzene rings is 2. The first-order chi connectivity index (χ1) is 10.1. The minimum atomic E-state index is -0.354. The van der Waals surface area contributed by atoms with Crippen molar-refractivity contribution in [1.82, 2.24) is 0 Å². The highest BCUT2D eigenvalue weighted by Crippen LogP contribution is 2.22. The Morgan fingerprint density at radius 2 is 1.95 bits per heavy atom. The van der Waals surface area contributed by atoms with Gasteiger partial charge in [-0.3, -0.25) is 0 Å². The van der Waals surface area contributed by atoms with Gasteiger partial charge in [0.15, 0.2) is 11.6 Å². The average Bonchev–Trinajstić information content (AvgIpc) is 2.47. The van der Waals surface area contributed by atoms with Crippen LogP contribution >= 0.6 is 23.4 Å². The summed E-state index contributed by atoms with van der Waals surface area (Å²) in [6.45, 7) is 0. The zero-order valence-electron chi connectivity index (χ0n) is 11.7. The molecule has 2 N–H and O–H groups in total. The lowest BCUT2D eigenvalue weighted by molar-refractivity contribution is 0.386. The maximum atomic E-state index is 13.6. The van der Waals surface area contributed by atoms with Gasteiger partial charge in [-0.1, -0.05) is 17.7 Å². The molecule has 2 rings (SSSR count). The third kappa shape index (κ3) is 4.92. The normalized spacial score (nSPS) is 12.2. The minimum absolute atomic E-state index is 0.0431. The molecule has 0 bridgehead atoms. The van der Waals surface area contributed by atoms with Crippen LogP contribution in [0.1, 0.15) is 5.56 Å². The standard InChI is InChI=1S/C16H17ClFNOS/c1-20-16-7-2-11(9-15(16)18)8-13(19)10-21-14-5-3-12(17)4-6-14/h2-7,9,13H,8,10,19H2,1H3. The first kappa shape index (κ1) is 16.1. The van der Waals surface area contributed by atoms with Gasteiger partial charge in [-0.15, -0.1) is 11.8 Å². The molecular weight excluding hydrogens is 309 g/mol. The second-order valence-electron chi connectivity index (χ2n) is 4.70. The van der Waals surface area contributed by atoms with Gasteiger partial charge in [0, 0.05) is 21.7 Å². The van der Waals surface area contributed by atoms with E-state index in [0.29, 0.717) is 6.42 Å². The molecule has 2 aromatic carbocycles. The summed E-state index contributed by atoms with van der Waals surface area (Å²) in [6.07, 6.45) is 0.626. The molecule has 0 aliphatic carbocycles. The lowest BCUT2D eigenvalue weighted by atomic mass is 10.1. The van der Waals surface area contributed by atoms with Gasteiger partial charge >= 0.3 is 0 Å². The van der Waals surface area contributed by atoms with Crippen LogP contribution in [-0.2, 0) is 6.42 Å². The Kier molecular flexibility index (Phi) is 5.91. The molecule has 0 spiro atoms. The number of thioether (sulfide) groups is 1. The molecule has 0 saturated heterocycles. The number of rotatable bonds is 6. The summed E-state index contributed by atoms with van der Waals surface area (Å²) in [5, 5.41) is 0.720. The zero-order valence-corrected chi connectivity index (χ0v) is 13.3. The van der Waals surface area contributed by atoms with Crippen LogP contribution < -0.4 is 10.5 Å². The number of methoxy groups -OCH3 is 1. The zero-order chi connectivity index (χ0) is 15.2. The molecule has 5 heteroatoms.